The van der Waals surface area contributed by atoms with Crippen LogP contribution < -0.4 is 9.64 Å². The molecule has 7 heteroatoms. The average Bonchev–Trinajstić information content (AvgIpc) is 3.57. The number of carbonyl (C=O) groups excluding carboxylic acids is 2. The van der Waals surface area contributed by atoms with Gasteiger partial charge in [-0.2, -0.15) is 0 Å². The molecule has 2 aromatic heterocycles. The van der Waals surface area contributed by atoms with Gasteiger partial charge in [0.15, 0.2) is 11.5 Å². The zero-order valence-corrected chi connectivity index (χ0v) is 17.5. The van der Waals surface area contributed by atoms with Crippen LogP contribution in [0.4, 0.5) is 5.69 Å². The molecule has 2 aromatic carbocycles. The van der Waals surface area contributed by atoms with Gasteiger partial charge in [0.25, 0.3) is 5.91 Å². The Labute approximate surface area is 187 Å². The number of amides is 1. The highest BCUT2D eigenvalue weighted by molar-refractivity contribution is 7.10. The lowest BCUT2D eigenvalue weighted by molar-refractivity contribution is -0.117. The molecule has 1 amide bonds. The number of ether oxygens (including phenoxy) is 1. The van der Waals surface area contributed by atoms with Crippen LogP contribution in [0.5, 0.6) is 11.5 Å². The highest BCUT2D eigenvalue weighted by Crippen LogP contribution is 2.43. The first-order valence-corrected chi connectivity index (χ1v) is 10.7. The van der Waals surface area contributed by atoms with E-state index in [4.69, 9.17) is 9.15 Å². The number of hydrogen-bond acceptors (Lipinski definition) is 6. The van der Waals surface area contributed by atoms with Crippen molar-refractivity contribution in [3.05, 3.63) is 112 Å². The summed E-state index contributed by atoms with van der Waals surface area (Å²) in [6, 6.07) is 22.3. The van der Waals surface area contributed by atoms with Gasteiger partial charge in [0.05, 0.1) is 11.8 Å². The summed E-state index contributed by atoms with van der Waals surface area (Å²) < 4.78 is 11.1. The summed E-state index contributed by atoms with van der Waals surface area (Å²) in [7, 11) is 0. The first kappa shape index (κ1) is 19.8. The molecule has 1 aliphatic heterocycles. The molecule has 0 saturated carbocycles. The fraction of sp³-hybridized carbons (Fsp3) is 0.0400. The molecule has 0 fully saturated rings. The van der Waals surface area contributed by atoms with Gasteiger partial charge in [0, 0.05) is 10.6 Å². The predicted octanol–water partition coefficient (Wildman–Crippen LogP) is 5.92. The summed E-state index contributed by atoms with van der Waals surface area (Å²) in [5.41, 5.74) is 0.527. The van der Waals surface area contributed by atoms with E-state index in [2.05, 4.69) is 0 Å². The Hall–Kier alpha value is -4.10. The van der Waals surface area contributed by atoms with Crippen molar-refractivity contribution < 1.29 is 23.8 Å². The summed E-state index contributed by atoms with van der Waals surface area (Å²) in [4.78, 5) is 28.4. The van der Waals surface area contributed by atoms with Crippen LogP contribution in [0.2, 0.25) is 0 Å². The lowest BCUT2D eigenvalue weighted by Gasteiger charge is -2.25. The van der Waals surface area contributed by atoms with Crippen LogP contribution >= 0.6 is 11.3 Å². The molecule has 0 spiro atoms. The van der Waals surface area contributed by atoms with Crippen molar-refractivity contribution in [1.82, 2.24) is 0 Å². The van der Waals surface area contributed by atoms with E-state index in [1.807, 2.05) is 47.8 Å². The number of nitrogens with zero attached hydrogens (tertiary/aromatic N) is 1. The van der Waals surface area contributed by atoms with Gasteiger partial charge in [-0.05, 0) is 60.0 Å². The van der Waals surface area contributed by atoms with Crippen LogP contribution in [0.15, 0.2) is 106 Å². The molecule has 0 aliphatic carbocycles. The van der Waals surface area contributed by atoms with Crippen LogP contribution in [-0.4, -0.2) is 16.8 Å². The van der Waals surface area contributed by atoms with Crippen molar-refractivity contribution >= 4 is 28.7 Å². The van der Waals surface area contributed by atoms with Gasteiger partial charge in [0.2, 0.25) is 5.78 Å². The van der Waals surface area contributed by atoms with E-state index >= 15 is 0 Å². The third-order valence-corrected chi connectivity index (χ3v) is 6.03. The number of anilines is 1. The molecule has 0 radical (unpaired) electrons. The number of benzene rings is 2. The van der Waals surface area contributed by atoms with Gasteiger partial charge in [-0.3, -0.25) is 14.5 Å². The molecule has 32 heavy (non-hydrogen) atoms. The van der Waals surface area contributed by atoms with Gasteiger partial charge in [-0.15, -0.1) is 11.3 Å². The van der Waals surface area contributed by atoms with E-state index < -0.39 is 23.5 Å². The first-order valence-electron chi connectivity index (χ1n) is 9.85. The van der Waals surface area contributed by atoms with Gasteiger partial charge in [-0.25, -0.2) is 0 Å². The number of hydrogen-bond donors (Lipinski definition) is 1. The molecule has 5 rings (SSSR count). The largest absolute Gasteiger partial charge is 0.503 e. The Bertz CT molecular complexity index is 1280. The zero-order chi connectivity index (χ0) is 22.1. The molecular weight excluding hydrogens is 426 g/mol. The summed E-state index contributed by atoms with van der Waals surface area (Å²) in [5.74, 6) is -0.382. The van der Waals surface area contributed by atoms with Crippen molar-refractivity contribution in [3.63, 3.8) is 0 Å². The van der Waals surface area contributed by atoms with Gasteiger partial charge in [-0.1, -0.05) is 24.3 Å². The Morgan fingerprint density at radius 3 is 2.34 bits per heavy atom. The smallest absolute Gasteiger partial charge is 0.294 e. The van der Waals surface area contributed by atoms with Gasteiger partial charge in [0.1, 0.15) is 17.5 Å². The number of carbonyl (C=O) groups is 2. The maximum atomic E-state index is 13.1. The maximum Gasteiger partial charge on any atom is 0.294 e. The van der Waals surface area contributed by atoms with E-state index in [0.29, 0.717) is 17.2 Å². The fourth-order valence-electron chi connectivity index (χ4n) is 3.66. The number of thiophene rings is 1. The predicted molar refractivity (Wildman–Crippen MR) is 120 cm³/mol. The SMILES string of the molecule is O=C(C1=C(O)C(=O)N(c2ccc(Oc3ccccc3)cc2)C1c1cccs1)c1ccco1. The van der Waals surface area contributed by atoms with Crippen LogP contribution in [0.1, 0.15) is 21.5 Å². The summed E-state index contributed by atoms with van der Waals surface area (Å²) in [6.07, 6.45) is 1.38. The van der Waals surface area contributed by atoms with Crippen LogP contribution in [-0.2, 0) is 4.79 Å². The molecule has 4 aromatic rings. The number of aliphatic hydroxyl groups is 1. The first-order chi connectivity index (χ1) is 15.6. The molecular formula is C25H17NO5S. The molecule has 6 nitrogen and oxygen atoms in total. The van der Waals surface area contributed by atoms with Gasteiger partial charge < -0.3 is 14.3 Å². The van der Waals surface area contributed by atoms with Crippen molar-refractivity contribution in [2.24, 2.45) is 0 Å². The van der Waals surface area contributed by atoms with E-state index in [0.717, 1.165) is 4.88 Å². The Morgan fingerprint density at radius 1 is 0.938 bits per heavy atom. The normalized spacial score (nSPS) is 15.9. The standard InChI is InChI=1S/C25H17NO5S/c27-23(19-8-4-14-30-19)21-22(20-9-5-15-32-20)26(25(29)24(21)28)16-10-12-18(13-11-16)31-17-6-2-1-3-7-17/h1-15,22,28H. The third-order valence-electron chi connectivity index (χ3n) is 5.10. The second-order valence-electron chi connectivity index (χ2n) is 7.07. The van der Waals surface area contributed by atoms with E-state index in [1.54, 1.807) is 30.3 Å². The summed E-state index contributed by atoms with van der Waals surface area (Å²) >= 11 is 1.40. The number of aliphatic hydroxyl groups excluding tert-OH is 1. The second kappa shape index (κ2) is 8.20. The molecule has 158 valence electrons. The third kappa shape index (κ3) is 3.48. The highest BCUT2D eigenvalue weighted by Gasteiger charge is 2.45. The lowest BCUT2D eigenvalue weighted by atomic mass is 10.00. The maximum absolute atomic E-state index is 13.1. The molecule has 1 aliphatic rings. The number of Topliss-reactive ketones (excluding diaryl/α,β-unsaturated/α-hetero) is 1. The van der Waals surface area contributed by atoms with Crippen molar-refractivity contribution in [2.75, 3.05) is 4.90 Å². The number of rotatable bonds is 6. The number of ketones is 1. The second-order valence-corrected chi connectivity index (χ2v) is 8.05. The zero-order valence-electron chi connectivity index (χ0n) is 16.7. The molecule has 1 atom stereocenters. The summed E-state index contributed by atoms with van der Waals surface area (Å²) in [6.45, 7) is 0. The van der Waals surface area contributed by atoms with E-state index in [9.17, 15) is 14.7 Å². The molecule has 1 N–H and O–H groups in total. The van der Waals surface area contributed by atoms with Crippen LogP contribution in [0.3, 0.4) is 0 Å². The van der Waals surface area contributed by atoms with Crippen molar-refractivity contribution in [3.8, 4) is 11.5 Å². The highest BCUT2D eigenvalue weighted by atomic mass is 32.1. The minimum atomic E-state index is -0.763. The molecule has 0 bridgehead atoms. The summed E-state index contributed by atoms with van der Waals surface area (Å²) in [5, 5.41) is 12.5. The fourth-order valence-corrected chi connectivity index (χ4v) is 4.48. The Balaban J connectivity index is 1.50. The molecule has 0 saturated heterocycles. The topological polar surface area (TPSA) is 80.0 Å². The molecule has 3 heterocycles. The van der Waals surface area contributed by atoms with Crippen LogP contribution in [0, 0.1) is 0 Å². The minimum Gasteiger partial charge on any atom is -0.503 e. The monoisotopic (exact) mass is 443 g/mol. The van der Waals surface area contributed by atoms with Crippen LogP contribution in [0.25, 0.3) is 0 Å². The quantitative estimate of drug-likeness (QED) is 0.374. The number of para-hydroxylation sites is 1. The Morgan fingerprint density at radius 2 is 1.69 bits per heavy atom. The van der Waals surface area contributed by atoms with Crippen molar-refractivity contribution in [2.45, 2.75) is 6.04 Å². The van der Waals surface area contributed by atoms with Gasteiger partial charge >= 0.3 is 0 Å². The Kier molecular flexibility index (Phi) is 5.09. The molecule has 1 unspecified atom stereocenters. The minimum absolute atomic E-state index is 0.00277. The van der Waals surface area contributed by atoms with E-state index in [-0.39, 0.29) is 11.3 Å². The lowest BCUT2D eigenvalue weighted by Crippen LogP contribution is -2.30. The van der Waals surface area contributed by atoms with Crippen molar-refractivity contribution in [1.29, 1.82) is 0 Å². The average molecular weight is 443 g/mol. The number of furan rings is 1. The van der Waals surface area contributed by atoms with E-state index in [1.165, 1.54) is 28.6 Å².